The van der Waals surface area contributed by atoms with Crippen LogP contribution in [0.5, 0.6) is 11.5 Å². The van der Waals surface area contributed by atoms with Crippen molar-refractivity contribution in [3.63, 3.8) is 0 Å². The van der Waals surface area contributed by atoms with E-state index in [1.807, 2.05) is 0 Å². The Morgan fingerprint density at radius 2 is 1.51 bits per heavy atom. The van der Waals surface area contributed by atoms with Gasteiger partial charge in [-0.25, -0.2) is 14.6 Å². The molecule has 9 heteroatoms. The van der Waals surface area contributed by atoms with Gasteiger partial charge >= 0.3 is 11.9 Å². The number of carbonyl (C=O) groups excluding carboxylic acids is 4. The summed E-state index contributed by atoms with van der Waals surface area (Å²) in [5.74, 6) is -1.78. The Kier molecular flexibility index (Phi) is 6.59. The highest BCUT2D eigenvalue weighted by atomic mass is 16.6. The maximum Gasteiger partial charge on any atom is 0.343 e. The molecule has 1 saturated heterocycles. The van der Waals surface area contributed by atoms with Crippen LogP contribution in [0, 0.1) is 0 Å². The molecule has 35 heavy (non-hydrogen) atoms. The average Bonchev–Trinajstić information content (AvgIpc) is 3.17. The highest BCUT2D eigenvalue weighted by molar-refractivity contribution is 6.31. The van der Waals surface area contributed by atoms with Gasteiger partial charge in [-0.1, -0.05) is 24.3 Å². The highest BCUT2D eigenvalue weighted by Gasteiger charge is 2.34. The van der Waals surface area contributed by atoms with E-state index in [9.17, 15) is 19.2 Å². The first-order chi connectivity index (χ1) is 16.9. The van der Waals surface area contributed by atoms with Gasteiger partial charge in [-0.2, -0.15) is 0 Å². The fourth-order valence-electron chi connectivity index (χ4n) is 3.36. The number of carbonyl (C=O) groups is 4. The summed E-state index contributed by atoms with van der Waals surface area (Å²) >= 11 is 0. The lowest BCUT2D eigenvalue weighted by Gasteiger charge is -2.14. The van der Waals surface area contributed by atoms with Crippen molar-refractivity contribution in [3.8, 4) is 11.5 Å². The predicted octanol–water partition coefficient (Wildman–Crippen LogP) is 3.16. The van der Waals surface area contributed by atoms with Gasteiger partial charge in [0, 0.05) is 0 Å². The molecule has 3 aromatic carbocycles. The molecular weight excluding hydrogens is 452 g/mol. The van der Waals surface area contributed by atoms with Gasteiger partial charge in [-0.15, -0.1) is 0 Å². The van der Waals surface area contributed by atoms with E-state index in [-0.39, 0.29) is 17.1 Å². The number of nitrogens with zero attached hydrogens (tertiary/aromatic N) is 1. The minimum absolute atomic E-state index is 0.0990. The van der Waals surface area contributed by atoms with Crippen molar-refractivity contribution in [3.05, 3.63) is 95.1 Å². The van der Waals surface area contributed by atoms with Gasteiger partial charge in [0.25, 0.3) is 11.8 Å². The van der Waals surface area contributed by atoms with E-state index in [0.717, 1.165) is 5.01 Å². The van der Waals surface area contributed by atoms with Gasteiger partial charge in [0.15, 0.2) is 11.5 Å². The van der Waals surface area contributed by atoms with Gasteiger partial charge in [0.1, 0.15) is 5.57 Å². The number of amides is 2. The Morgan fingerprint density at radius 1 is 0.829 bits per heavy atom. The third-order valence-corrected chi connectivity index (χ3v) is 5.15. The Bertz CT molecular complexity index is 1330. The summed E-state index contributed by atoms with van der Waals surface area (Å²) in [7, 11) is 2.69. The summed E-state index contributed by atoms with van der Waals surface area (Å²) in [4.78, 5) is 49.4. The molecule has 0 saturated carbocycles. The van der Waals surface area contributed by atoms with Crippen molar-refractivity contribution in [2.24, 2.45) is 0 Å². The second kappa shape index (κ2) is 9.92. The number of rotatable bonds is 6. The van der Waals surface area contributed by atoms with Crippen LogP contribution < -0.4 is 19.9 Å². The van der Waals surface area contributed by atoms with E-state index in [0.29, 0.717) is 22.4 Å². The quantitative estimate of drug-likeness (QED) is 0.254. The normalized spacial score (nSPS) is 14.0. The largest absolute Gasteiger partial charge is 0.493 e. The number of hydrogen-bond acceptors (Lipinski definition) is 7. The summed E-state index contributed by atoms with van der Waals surface area (Å²) in [5, 5.41) is 1.09. The van der Waals surface area contributed by atoms with Gasteiger partial charge in [-0.3, -0.25) is 15.0 Å². The van der Waals surface area contributed by atoms with Crippen LogP contribution in [-0.4, -0.2) is 38.0 Å². The molecule has 9 nitrogen and oxygen atoms in total. The molecule has 1 aliphatic heterocycles. The van der Waals surface area contributed by atoms with Crippen molar-refractivity contribution in [1.29, 1.82) is 0 Å². The molecule has 2 amide bonds. The monoisotopic (exact) mass is 472 g/mol. The van der Waals surface area contributed by atoms with Crippen LogP contribution in [0.25, 0.3) is 6.08 Å². The molecule has 0 spiro atoms. The van der Waals surface area contributed by atoms with Crippen molar-refractivity contribution in [2.45, 2.75) is 0 Å². The smallest absolute Gasteiger partial charge is 0.343 e. The number of anilines is 1. The van der Waals surface area contributed by atoms with Crippen LogP contribution in [0.15, 0.2) is 78.4 Å². The summed E-state index contributed by atoms with van der Waals surface area (Å²) in [6.07, 6.45) is 1.41. The van der Waals surface area contributed by atoms with Crippen LogP contribution in [0.1, 0.15) is 26.3 Å². The topological polar surface area (TPSA) is 111 Å². The molecule has 0 aliphatic carbocycles. The number of hydrazine groups is 1. The minimum Gasteiger partial charge on any atom is -0.493 e. The third kappa shape index (κ3) is 4.88. The molecule has 1 N–H and O–H groups in total. The van der Waals surface area contributed by atoms with Gasteiger partial charge in [0.2, 0.25) is 0 Å². The van der Waals surface area contributed by atoms with E-state index in [1.165, 1.54) is 50.6 Å². The van der Waals surface area contributed by atoms with Gasteiger partial charge < -0.3 is 14.2 Å². The highest BCUT2D eigenvalue weighted by Crippen LogP contribution is 2.30. The van der Waals surface area contributed by atoms with E-state index in [1.54, 1.807) is 42.5 Å². The fourth-order valence-corrected chi connectivity index (χ4v) is 3.36. The Morgan fingerprint density at radius 3 is 2.17 bits per heavy atom. The number of benzene rings is 3. The second-order valence-electron chi connectivity index (χ2n) is 7.34. The molecule has 1 aliphatic rings. The first-order valence-electron chi connectivity index (χ1n) is 10.4. The zero-order chi connectivity index (χ0) is 24.9. The lowest BCUT2D eigenvalue weighted by Crippen LogP contribution is -2.35. The van der Waals surface area contributed by atoms with Crippen molar-refractivity contribution < 1.29 is 33.4 Å². The SMILES string of the molecule is COC(=O)c1ccc(N2NC(=O)/C(=C/c3ccc(OC(=O)c4ccccc4)c(OC)c3)C2=O)cc1. The standard InChI is InChI=1S/C26H20N2O7/c1-33-22-15-16(8-13-21(22)35-26(32)17-6-4-3-5-7-17)14-20-23(29)27-28(24(20)30)19-11-9-18(10-12-19)25(31)34-2/h3-15H,1-2H3,(H,27,29)/b20-14-. The van der Waals surface area contributed by atoms with E-state index in [2.05, 4.69) is 10.2 Å². The molecule has 0 unspecified atom stereocenters. The summed E-state index contributed by atoms with van der Waals surface area (Å²) in [6, 6.07) is 19.2. The maximum atomic E-state index is 12.9. The Balaban J connectivity index is 1.54. The van der Waals surface area contributed by atoms with E-state index < -0.39 is 23.8 Å². The second-order valence-corrected chi connectivity index (χ2v) is 7.34. The molecule has 1 heterocycles. The van der Waals surface area contributed by atoms with Gasteiger partial charge in [-0.05, 0) is 60.2 Å². The molecule has 3 aromatic rings. The van der Waals surface area contributed by atoms with Crippen molar-refractivity contribution in [2.75, 3.05) is 19.2 Å². The molecule has 0 aromatic heterocycles. The van der Waals surface area contributed by atoms with Crippen LogP contribution in [0.4, 0.5) is 5.69 Å². The zero-order valence-electron chi connectivity index (χ0n) is 18.8. The van der Waals surface area contributed by atoms with Crippen molar-refractivity contribution in [1.82, 2.24) is 5.43 Å². The minimum atomic E-state index is -0.592. The van der Waals surface area contributed by atoms with E-state index in [4.69, 9.17) is 9.47 Å². The van der Waals surface area contributed by atoms with Crippen molar-refractivity contribution >= 4 is 35.5 Å². The molecule has 0 atom stereocenters. The van der Waals surface area contributed by atoms with Gasteiger partial charge in [0.05, 0.1) is 31.0 Å². The van der Waals surface area contributed by atoms with Crippen LogP contribution >= 0.6 is 0 Å². The fraction of sp³-hybridized carbons (Fsp3) is 0.0769. The van der Waals surface area contributed by atoms with Crippen LogP contribution in [0.3, 0.4) is 0 Å². The van der Waals surface area contributed by atoms with Crippen LogP contribution in [-0.2, 0) is 14.3 Å². The summed E-state index contributed by atoms with van der Waals surface area (Å²) in [6.45, 7) is 0. The first-order valence-corrected chi connectivity index (χ1v) is 10.4. The lowest BCUT2D eigenvalue weighted by atomic mass is 10.1. The molecule has 4 rings (SSSR count). The zero-order valence-corrected chi connectivity index (χ0v) is 18.8. The lowest BCUT2D eigenvalue weighted by molar-refractivity contribution is -0.117. The average molecular weight is 472 g/mol. The molecular formula is C26H20N2O7. The number of nitrogens with one attached hydrogen (secondary N) is 1. The third-order valence-electron chi connectivity index (χ3n) is 5.15. The Hall–Kier alpha value is -4.92. The predicted molar refractivity (Wildman–Crippen MR) is 126 cm³/mol. The molecule has 0 radical (unpaired) electrons. The maximum absolute atomic E-state index is 12.9. The number of hydrogen-bond donors (Lipinski definition) is 1. The summed E-state index contributed by atoms with van der Waals surface area (Å²) in [5.41, 5.74) is 3.96. The number of ether oxygens (including phenoxy) is 3. The Labute approximate surface area is 200 Å². The first kappa shape index (κ1) is 23.2. The number of esters is 2. The van der Waals surface area contributed by atoms with E-state index >= 15 is 0 Å². The summed E-state index contributed by atoms with van der Waals surface area (Å²) < 4.78 is 15.4. The molecule has 1 fully saturated rings. The molecule has 176 valence electrons. The van der Waals surface area contributed by atoms with Crippen LogP contribution in [0.2, 0.25) is 0 Å². The molecule has 0 bridgehead atoms. The number of methoxy groups -OCH3 is 2.